The maximum absolute atomic E-state index is 13.1. The van der Waals surface area contributed by atoms with Gasteiger partial charge in [-0.15, -0.1) is 10.2 Å². The minimum absolute atomic E-state index is 0.198. The van der Waals surface area contributed by atoms with Crippen molar-refractivity contribution in [2.75, 3.05) is 36.5 Å². The summed E-state index contributed by atoms with van der Waals surface area (Å²) in [4.78, 5) is 15.2. The molecule has 1 unspecified atom stereocenters. The number of hydrogen-bond donors (Lipinski definition) is 1. The van der Waals surface area contributed by atoms with Crippen LogP contribution in [0.2, 0.25) is 0 Å². The number of benzene rings is 2. The number of nitrogens with zero attached hydrogens (tertiary/aromatic N) is 3. The number of carbonyl (C=O) groups is 1. The first-order valence-electron chi connectivity index (χ1n) is 9.13. The number of morpholine rings is 1. The Morgan fingerprint density at radius 1 is 1.10 bits per heavy atom. The Kier molecular flexibility index (Phi) is 6.38. The van der Waals surface area contributed by atoms with Crippen LogP contribution in [-0.4, -0.2) is 42.4 Å². The number of anilines is 2. The molecule has 2 heterocycles. The number of rotatable bonds is 6. The van der Waals surface area contributed by atoms with Crippen molar-refractivity contribution in [1.82, 2.24) is 10.2 Å². The third kappa shape index (κ3) is 5.11. The molecule has 1 fully saturated rings. The van der Waals surface area contributed by atoms with Crippen molar-refractivity contribution in [2.45, 2.75) is 9.59 Å². The lowest BCUT2D eigenvalue weighted by atomic mass is 10.1. The molecule has 0 saturated carbocycles. The van der Waals surface area contributed by atoms with Crippen molar-refractivity contribution in [3.63, 3.8) is 0 Å². The van der Waals surface area contributed by atoms with E-state index in [0.717, 1.165) is 28.1 Å². The molecule has 1 amide bonds. The maximum Gasteiger partial charge on any atom is 0.242 e. The van der Waals surface area contributed by atoms with Crippen molar-refractivity contribution in [1.29, 1.82) is 0 Å². The van der Waals surface area contributed by atoms with Crippen LogP contribution < -0.4 is 10.2 Å². The summed E-state index contributed by atoms with van der Waals surface area (Å²) in [5.74, 6) is -0.544. The van der Waals surface area contributed by atoms with E-state index in [4.69, 9.17) is 4.74 Å². The largest absolute Gasteiger partial charge is 0.378 e. The Hall–Kier alpha value is -2.49. The van der Waals surface area contributed by atoms with E-state index in [0.29, 0.717) is 18.9 Å². The third-order valence-electron chi connectivity index (χ3n) is 4.35. The van der Waals surface area contributed by atoms with Crippen molar-refractivity contribution in [2.24, 2.45) is 0 Å². The van der Waals surface area contributed by atoms with Crippen LogP contribution in [0.15, 0.2) is 58.9 Å². The van der Waals surface area contributed by atoms with E-state index >= 15 is 0 Å². The first-order valence-corrected chi connectivity index (χ1v) is 10.8. The molecule has 9 heteroatoms. The predicted octanol–water partition coefficient (Wildman–Crippen LogP) is 3.99. The number of amides is 1. The molecular weight excluding hydrogens is 411 g/mol. The Morgan fingerprint density at radius 3 is 2.55 bits per heavy atom. The number of thioether (sulfide) groups is 1. The average molecular weight is 431 g/mol. The van der Waals surface area contributed by atoms with Crippen LogP contribution in [0, 0.1) is 5.82 Å². The van der Waals surface area contributed by atoms with Gasteiger partial charge in [-0.3, -0.25) is 4.79 Å². The van der Waals surface area contributed by atoms with Gasteiger partial charge in [0.25, 0.3) is 0 Å². The molecule has 2 aromatic carbocycles. The topological polar surface area (TPSA) is 67.4 Å². The van der Waals surface area contributed by atoms with Gasteiger partial charge < -0.3 is 15.0 Å². The van der Waals surface area contributed by atoms with E-state index in [9.17, 15) is 9.18 Å². The quantitative estimate of drug-likeness (QED) is 0.597. The Bertz CT molecular complexity index is 947. The van der Waals surface area contributed by atoms with E-state index in [1.807, 2.05) is 30.3 Å². The standard InChI is InChI=1S/C20H19FN4O2S2/c21-15-6-8-16(9-7-15)22-18(26)17(14-4-2-1-3-5-14)28-20-24-23-19(29-20)25-10-12-27-13-11-25/h1-9,17H,10-13H2,(H,22,26). The van der Waals surface area contributed by atoms with Gasteiger partial charge >= 0.3 is 0 Å². The summed E-state index contributed by atoms with van der Waals surface area (Å²) in [6.45, 7) is 2.92. The van der Waals surface area contributed by atoms with Crippen LogP contribution in [0.3, 0.4) is 0 Å². The molecule has 1 saturated heterocycles. The second-order valence-electron chi connectivity index (χ2n) is 6.35. The number of nitrogens with one attached hydrogen (secondary N) is 1. The van der Waals surface area contributed by atoms with Gasteiger partial charge in [-0.05, 0) is 29.8 Å². The van der Waals surface area contributed by atoms with E-state index in [1.54, 1.807) is 12.1 Å². The highest BCUT2D eigenvalue weighted by Gasteiger charge is 2.25. The fraction of sp³-hybridized carbons (Fsp3) is 0.250. The molecule has 150 valence electrons. The van der Waals surface area contributed by atoms with Crippen LogP contribution in [0.1, 0.15) is 10.8 Å². The molecule has 1 N–H and O–H groups in total. The molecule has 1 aromatic heterocycles. The SMILES string of the molecule is O=C(Nc1ccc(F)cc1)C(Sc1nnc(N2CCOCC2)s1)c1ccccc1. The second-order valence-corrected chi connectivity index (χ2v) is 8.66. The van der Waals surface area contributed by atoms with Crippen LogP contribution in [0.25, 0.3) is 0 Å². The van der Waals surface area contributed by atoms with Crippen LogP contribution in [-0.2, 0) is 9.53 Å². The fourth-order valence-corrected chi connectivity index (χ4v) is 4.96. The van der Waals surface area contributed by atoms with Gasteiger partial charge in [-0.2, -0.15) is 0 Å². The van der Waals surface area contributed by atoms with Gasteiger partial charge in [0.1, 0.15) is 11.1 Å². The summed E-state index contributed by atoms with van der Waals surface area (Å²) in [5.41, 5.74) is 1.41. The van der Waals surface area contributed by atoms with E-state index < -0.39 is 5.25 Å². The monoisotopic (exact) mass is 430 g/mol. The third-order valence-corrected chi connectivity index (χ3v) is 6.67. The number of halogens is 1. The maximum atomic E-state index is 13.1. The van der Waals surface area contributed by atoms with Crippen molar-refractivity contribution >= 4 is 39.8 Å². The zero-order valence-electron chi connectivity index (χ0n) is 15.5. The van der Waals surface area contributed by atoms with Gasteiger partial charge in [-0.25, -0.2) is 4.39 Å². The first kappa shape index (κ1) is 19.8. The smallest absolute Gasteiger partial charge is 0.242 e. The zero-order valence-corrected chi connectivity index (χ0v) is 17.1. The molecule has 1 atom stereocenters. The number of carbonyl (C=O) groups excluding carboxylic acids is 1. The lowest BCUT2D eigenvalue weighted by molar-refractivity contribution is -0.115. The molecule has 1 aliphatic rings. The van der Waals surface area contributed by atoms with E-state index in [1.165, 1.54) is 35.2 Å². The highest BCUT2D eigenvalue weighted by atomic mass is 32.2. The van der Waals surface area contributed by atoms with Crippen molar-refractivity contribution < 1.29 is 13.9 Å². The molecule has 0 aliphatic carbocycles. The Labute approximate surface area is 176 Å². The van der Waals surface area contributed by atoms with Crippen molar-refractivity contribution in [3.05, 3.63) is 66.0 Å². The van der Waals surface area contributed by atoms with Gasteiger partial charge in [0, 0.05) is 18.8 Å². The number of aromatic nitrogens is 2. The summed E-state index contributed by atoms with van der Waals surface area (Å²) in [5, 5.41) is 11.7. The van der Waals surface area contributed by atoms with Crippen LogP contribution in [0.5, 0.6) is 0 Å². The molecule has 1 aliphatic heterocycles. The zero-order chi connectivity index (χ0) is 20.1. The Balaban J connectivity index is 1.52. The predicted molar refractivity (Wildman–Crippen MR) is 113 cm³/mol. The molecule has 29 heavy (non-hydrogen) atoms. The van der Waals surface area contributed by atoms with E-state index in [2.05, 4.69) is 20.4 Å². The first-order chi connectivity index (χ1) is 14.2. The average Bonchev–Trinajstić information content (AvgIpc) is 3.24. The summed E-state index contributed by atoms with van der Waals surface area (Å²) in [7, 11) is 0. The highest BCUT2D eigenvalue weighted by molar-refractivity contribution is 8.02. The molecule has 0 radical (unpaired) electrons. The second kappa shape index (κ2) is 9.34. The lowest BCUT2D eigenvalue weighted by Gasteiger charge is -2.25. The number of ether oxygens (including phenoxy) is 1. The summed E-state index contributed by atoms with van der Waals surface area (Å²) >= 11 is 2.83. The van der Waals surface area contributed by atoms with Gasteiger partial charge in [-0.1, -0.05) is 53.4 Å². The minimum atomic E-state index is -0.508. The van der Waals surface area contributed by atoms with Crippen LogP contribution in [0.4, 0.5) is 15.2 Å². The molecule has 3 aromatic rings. The minimum Gasteiger partial charge on any atom is -0.378 e. The van der Waals surface area contributed by atoms with Gasteiger partial charge in [0.15, 0.2) is 4.34 Å². The summed E-state index contributed by atoms with van der Waals surface area (Å²) in [6, 6.07) is 15.2. The molecule has 0 bridgehead atoms. The Morgan fingerprint density at radius 2 is 1.83 bits per heavy atom. The van der Waals surface area contributed by atoms with Crippen LogP contribution >= 0.6 is 23.1 Å². The lowest BCUT2D eigenvalue weighted by Crippen LogP contribution is -2.36. The molecule has 4 rings (SSSR count). The number of hydrogen-bond acceptors (Lipinski definition) is 7. The fourth-order valence-electron chi connectivity index (χ4n) is 2.88. The molecule has 6 nitrogen and oxygen atoms in total. The molecular formula is C20H19FN4O2S2. The van der Waals surface area contributed by atoms with Gasteiger partial charge in [0.05, 0.1) is 13.2 Å². The highest BCUT2D eigenvalue weighted by Crippen LogP contribution is 2.39. The van der Waals surface area contributed by atoms with E-state index in [-0.39, 0.29) is 11.7 Å². The van der Waals surface area contributed by atoms with Crippen molar-refractivity contribution in [3.8, 4) is 0 Å². The normalized spacial score (nSPS) is 15.1. The molecule has 0 spiro atoms. The summed E-state index contributed by atoms with van der Waals surface area (Å²) in [6.07, 6.45) is 0. The summed E-state index contributed by atoms with van der Waals surface area (Å²) < 4.78 is 19.2. The van der Waals surface area contributed by atoms with Gasteiger partial charge in [0.2, 0.25) is 11.0 Å².